The van der Waals surface area contributed by atoms with Crippen molar-refractivity contribution in [3.63, 3.8) is 0 Å². The molecule has 1 fully saturated rings. The molecule has 10 heteroatoms. The summed E-state index contributed by atoms with van der Waals surface area (Å²) in [6, 6.07) is 15.1. The second-order valence-corrected chi connectivity index (χ2v) is 9.84. The maximum absolute atomic E-state index is 13.5. The summed E-state index contributed by atoms with van der Waals surface area (Å²) in [5.41, 5.74) is 1.07. The van der Waals surface area contributed by atoms with Crippen molar-refractivity contribution >= 4 is 77.4 Å². The van der Waals surface area contributed by atoms with Gasteiger partial charge in [-0.05, 0) is 76.1 Å². The Hall–Kier alpha value is -2.82. The second-order valence-electron chi connectivity index (χ2n) is 7.16. The number of imide groups is 2. The fourth-order valence-electron chi connectivity index (χ4n) is 3.26. The number of ether oxygens (including phenoxy) is 1. The number of carbonyl (C=O) groups is 3. The summed E-state index contributed by atoms with van der Waals surface area (Å²) in [6.45, 7) is 0.0534. The summed E-state index contributed by atoms with van der Waals surface area (Å²) >= 11 is 10.1. The third kappa shape index (κ3) is 5.29. The molecule has 6 nitrogen and oxygen atoms in total. The standard InChI is InChI=1S/C24H14Br3FN2O4/c25-15-4-6-18(7-5-15)30-23(32)19(22(31)29-24(30)33)10-14-9-16(26)11-20(27)21(14)34-12-13-2-1-3-17(28)8-13/h1-11H,12H2,(H,29,31,33)/b19-10+. The molecule has 0 spiro atoms. The van der Waals surface area contributed by atoms with Crippen LogP contribution in [0, 0.1) is 5.82 Å². The number of nitrogens with zero attached hydrogens (tertiary/aromatic N) is 1. The summed E-state index contributed by atoms with van der Waals surface area (Å²) in [5.74, 6) is -1.65. The van der Waals surface area contributed by atoms with Crippen molar-refractivity contribution in [2.75, 3.05) is 4.90 Å². The third-order valence-electron chi connectivity index (χ3n) is 4.80. The van der Waals surface area contributed by atoms with Gasteiger partial charge in [-0.15, -0.1) is 0 Å². The highest BCUT2D eigenvalue weighted by molar-refractivity contribution is 9.11. The molecule has 4 amide bonds. The van der Waals surface area contributed by atoms with Crippen LogP contribution < -0.4 is 15.0 Å². The molecule has 0 aromatic heterocycles. The normalized spacial score (nSPS) is 15.0. The van der Waals surface area contributed by atoms with Crippen LogP contribution in [-0.4, -0.2) is 17.8 Å². The minimum absolute atomic E-state index is 0.0534. The first kappa shape index (κ1) is 24.3. The topological polar surface area (TPSA) is 75.7 Å². The number of carbonyl (C=O) groups excluding carboxylic acids is 3. The van der Waals surface area contributed by atoms with Gasteiger partial charge in [-0.25, -0.2) is 14.1 Å². The number of urea groups is 1. The fraction of sp³-hybridized carbons (Fsp3) is 0.0417. The summed E-state index contributed by atoms with van der Waals surface area (Å²) in [7, 11) is 0. The average molecular weight is 653 g/mol. The smallest absolute Gasteiger partial charge is 0.335 e. The van der Waals surface area contributed by atoms with Crippen LogP contribution in [0.1, 0.15) is 11.1 Å². The number of halogens is 4. The zero-order valence-electron chi connectivity index (χ0n) is 17.2. The first-order valence-corrected chi connectivity index (χ1v) is 12.1. The van der Waals surface area contributed by atoms with Gasteiger partial charge in [-0.1, -0.05) is 44.0 Å². The molecule has 172 valence electrons. The van der Waals surface area contributed by atoms with E-state index in [0.29, 0.717) is 31.5 Å². The third-order valence-corrected chi connectivity index (χ3v) is 6.37. The van der Waals surface area contributed by atoms with Gasteiger partial charge in [-0.2, -0.15) is 0 Å². The quantitative estimate of drug-likeness (QED) is 0.257. The van der Waals surface area contributed by atoms with E-state index in [1.165, 1.54) is 18.2 Å². The van der Waals surface area contributed by atoms with Crippen LogP contribution in [0.15, 0.2) is 79.7 Å². The number of amides is 4. The lowest BCUT2D eigenvalue weighted by molar-refractivity contribution is -0.122. The van der Waals surface area contributed by atoms with Crippen LogP contribution in [0.4, 0.5) is 14.9 Å². The largest absolute Gasteiger partial charge is 0.487 e. The predicted octanol–water partition coefficient (Wildman–Crippen LogP) is 6.36. The van der Waals surface area contributed by atoms with Gasteiger partial charge in [0.15, 0.2) is 0 Å². The Bertz CT molecular complexity index is 1340. The maximum Gasteiger partial charge on any atom is 0.335 e. The lowest BCUT2D eigenvalue weighted by atomic mass is 10.1. The molecule has 4 rings (SSSR count). The SMILES string of the molecule is O=C1NC(=O)N(c2ccc(Br)cc2)C(=O)/C1=C/c1cc(Br)cc(Br)c1OCc1cccc(F)c1. The lowest BCUT2D eigenvalue weighted by Crippen LogP contribution is -2.54. The van der Waals surface area contributed by atoms with Crippen molar-refractivity contribution in [3.05, 3.63) is 96.6 Å². The monoisotopic (exact) mass is 650 g/mol. The van der Waals surface area contributed by atoms with Crippen LogP contribution in [-0.2, 0) is 16.2 Å². The van der Waals surface area contributed by atoms with Gasteiger partial charge in [0.2, 0.25) is 0 Å². The lowest BCUT2D eigenvalue weighted by Gasteiger charge is -2.26. The molecule has 3 aromatic rings. The molecular formula is C24H14Br3FN2O4. The van der Waals surface area contributed by atoms with Crippen LogP contribution in [0.5, 0.6) is 5.75 Å². The van der Waals surface area contributed by atoms with E-state index in [9.17, 15) is 18.8 Å². The van der Waals surface area contributed by atoms with Gasteiger partial charge in [-0.3, -0.25) is 14.9 Å². The van der Waals surface area contributed by atoms with Crippen LogP contribution in [0.2, 0.25) is 0 Å². The van der Waals surface area contributed by atoms with E-state index >= 15 is 0 Å². The van der Waals surface area contributed by atoms with E-state index < -0.39 is 17.8 Å². The zero-order valence-corrected chi connectivity index (χ0v) is 21.9. The molecule has 1 heterocycles. The first-order chi connectivity index (χ1) is 16.2. The molecule has 0 bridgehead atoms. The Labute approximate surface area is 219 Å². The molecule has 34 heavy (non-hydrogen) atoms. The van der Waals surface area contributed by atoms with Crippen molar-refractivity contribution in [2.24, 2.45) is 0 Å². The van der Waals surface area contributed by atoms with Gasteiger partial charge < -0.3 is 4.74 Å². The highest BCUT2D eigenvalue weighted by atomic mass is 79.9. The van der Waals surface area contributed by atoms with Gasteiger partial charge in [0, 0.05) is 14.5 Å². The second kappa shape index (κ2) is 10.2. The summed E-state index contributed by atoms with van der Waals surface area (Å²) in [6.07, 6.45) is 1.35. The van der Waals surface area contributed by atoms with Crippen LogP contribution in [0.3, 0.4) is 0 Å². The molecule has 1 saturated heterocycles. The van der Waals surface area contributed by atoms with Gasteiger partial charge in [0.1, 0.15) is 23.7 Å². The fourth-order valence-corrected chi connectivity index (χ4v) is 4.90. The van der Waals surface area contributed by atoms with Crippen molar-refractivity contribution in [3.8, 4) is 5.75 Å². The maximum atomic E-state index is 13.5. The Morgan fingerprint density at radius 2 is 1.68 bits per heavy atom. The molecular weight excluding hydrogens is 639 g/mol. The number of anilines is 1. The molecule has 3 aromatic carbocycles. The number of hydrogen-bond donors (Lipinski definition) is 1. The van der Waals surface area contributed by atoms with E-state index in [0.717, 1.165) is 9.37 Å². The Morgan fingerprint density at radius 3 is 2.38 bits per heavy atom. The van der Waals surface area contributed by atoms with Gasteiger partial charge in [0.25, 0.3) is 11.8 Å². The van der Waals surface area contributed by atoms with E-state index in [1.54, 1.807) is 48.5 Å². The summed E-state index contributed by atoms with van der Waals surface area (Å²) in [5, 5.41) is 2.20. The van der Waals surface area contributed by atoms with Crippen molar-refractivity contribution in [1.29, 1.82) is 0 Å². The average Bonchev–Trinajstić information content (AvgIpc) is 2.77. The molecule has 1 aliphatic rings. The molecule has 0 radical (unpaired) electrons. The van der Waals surface area contributed by atoms with Crippen molar-refractivity contribution in [2.45, 2.75) is 6.61 Å². The van der Waals surface area contributed by atoms with E-state index in [1.807, 2.05) is 0 Å². The molecule has 1 N–H and O–H groups in total. The number of barbiturate groups is 1. The highest BCUT2D eigenvalue weighted by Crippen LogP contribution is 2.35. The first-order valence-electron chi connectivity index (χ1n) is 9.76. The number of rotatable bonds is 5. The van der Waals surface area contributed by atoms with Gasteiger partial charge in [0.05, 0.1) is 10.2 Å². The summed E-state index contributed by atoms with van der Waals surface area (Å²) < 4.78 is 21.4. The number of hydrogen-bond acceptors (Lipinski definition) is 4. The minimum Gasteiger partial charge on any atom is -0.487 e. The Kier molecular flexibility index (Phi) is 7.30. The Balaban J connectivity index is 1.71. The summed E-state index contributed by atoms with van der Waals surface area (Å²) in [4.78, 5) is 39.1. The minimum atomic E-state index is -0.840. The van der Waals surface area contributed by atoms with Gasteiger partial charge >= 0.3 is 6.03 Å². The molecule has 0 aliphatic carbocycles. The predicted molar refractivity (Wildman–Crippen MR) is 136 cm³/mol. The van der Waals surface area contributed by atoms with Crippen molar-refractivity contribution < 1.29 is 23.5 Å². The molecule has 1 aliphatic heterocycles. The highest BCUT2D eigenvalue weighted by Gasteiger charge is 2.37. The molecule has 0 unspecified atom stereocenters. The van der Waals surface area contributed by atoms with E-state index in [4.69, 9.17) is 4.74 Å². The number of nitrogens with one attached hydrogen (secondary N) is 1. The van der Waals surface area contributed by atoms with Crippen molar-refractivity contribution in [1.82, 2.24) is 5.32 Å². The molecule has 0 atom stereocenters. The number of benzene rings is 3. The van der Waals surface area contributed by atoms with Crippen LogP contribution in [0.25, 0.3) is 6.08 Å². The van der Waals surface area contributed by atoms with E-state index in [2.05, 4.69) is 53.1 Å². The molecule has 0 saturated carbocycles. The van der Waals surface area contributed by atoms with E-state index in [-0.39, 0.29) is 18.0 Å². The van der Waals surface area contributed by atoms with Crippen LogP contribution >= 0.6 is 47.8 Å². The Morgan fingerprint density at radius 1 is 0.941 bits per heavy atom. The zero-order chi connectivity index (χ0) is 24.4.